The highest BCUT2D eigenvalue weighted by molar-refractivity contribution is 7.94. The van der Waals surface area contributed by atoms with Gasteiger partial charge in [-0.15, -0.1) is 3.63 Å². The van der Waals surface area contributed by atoms with Crippen molar-refractivity contribution in [2.75, 3.05) is 0 Å². The molecule has 19 heavy (non-hydrogen) atoms. The van der Waals surface area contributed by atoms with Gasteiger partial charge in [-0.3, -0.25) is 9.11 Å². The van der Waals surface area contributed by atoms with Crippen LogP contribution in [0.2, 0.25) is 0 Å². The molecule has 0 aromatic carbocycles. The van der Waals surface area contributed by atoms with Gasteiger partial charge in [-0.25, -0.2) is 4.98 Å². The Morgan fingerprint density at radius 3 is 2.05 bits per heavy atom. The van der Waals surface area contributed by atoms with E-state index in [2.05, 4.69) is 20.1 Å². The van der Waals surface area contributed by atoms with Crippen molar-refractivity contribution in [1.29, 1.82) is 0 Å². The molecule has 0 saturated heterocycles. The monoisotopic (exact) mass is 316 g/mol. The van der Waals surface area contributed by atoms with E-state index in [0.29, 0.717) is 0 Å². The predicted molar refractivity (Wildman–Crippen MR) is 66.1 cm³/mol. The van der Waals surface area contributed by atoms with E-state index < -0.39 is 20.8 Å². The maximum absolute atomic E-state index is 9.44. The third kappa shape index (κ3) is 10.6. The van der Waals surface area contributed by atoms with E-state index in [1.165, 1.54) is 12.8 Å². The van der Waals surface area contributed by atoms with Crippen molar-refractivity contribution in [3.8, 4) is 0 Å². The van der Waals surface area contributed by atoms with Crippen LogP contribution >= 0.6 is 0 Å². The standard InChI is InChI=1S/C8H14N2.H2O7S2/c1-3-4-6-10-7-5-9-8(10)2;1-8(2,3)7-9(4,5)6/h5,7H,3-4,6H2,1-2H3;(H,1,2,3)(H,4,5,6). The molecule has 1 rings (SSSR count). The highest BCUT2D eigenvalue weighted by atomic mass is 32.3. The smallest absolute Gasteiger partial charge is 0.335 e. The van der Waals surface area contributed by atoms with Gasteiger partial charge in [0.1, 0.15) is 5.82 Å². The lowest BCUT2D eigenvalue weighted by Gasteiger charge is -2.01. The topological polar surface area (TPSA) is 136 Å². The second-order valence-corrected chi connectivity index (χ2v) is 5.70. The van der Waals surface area contributed by atoms with Crippen LogP contribution in [0.15, 0.2) is 12.4 Å². The van der Waals surface area contributed by atoms with E-state index in [0.717, 1.165) is 12.4 Å². The van der Waals surface area contributed by atoms with Crippen LogP contribution in [0.25, 0.3) is 0 Å². The molecule has 2 N–H and O–H groups in total. The van der Waals surface area contributed by atoms with Crippen LogP contribution in [0, 0.1) is 6.92 Å². The van der Waals surface area contributed by atoms with Crippen LogP contribution in [-0.2, 0) is 31.0 Å². The lowest BCUT2D eigenvalue weighted by atomic mass is 10.3. The molecule has 11 heteroatoms. The Labute approximate surface area is 112 Å². The Bertz CT molecular complexity index is 546. The SMILES string of the molecule is CCCCn1ccnc1C.O=S(=O)(O)OS(=O)(=O)O. The van der Waals surface area contributed by atoms with Crippen molar-refractivity contribution < 1.29 is 29.6 Å². The van der Waals surface area contributed by atoms with Crippen LogP contribution in [0.5, 0.6) is 0 Å². The Hall–Kier alpha value is -1.01. The molecule has 1 aromatic rings. The minimum Gasteiger partial charge on any atom is -0.335 e. The van der Waals surface area contributed by atoms with Crippen LogP contribution in [0.3, 0.4) is 0 Å². The zero-order valence-electron chi connectivity index (χ0n) is 10.4. The van der Waals surface area contributed by atoms with E-state index in [1.807, 2.05) is 19.3 Å². The molecule has 0 spiro atoms. The number of hydrogen-bond acceptors (Lipinski definition) is 6. The Kier molecular flexibility index (Phi) is 7.15. The summed E-state index contributed by atoms with van der Waals surface area (Å²) in [5.74, 6) is 1.12. The molecule has 112 valence electrons. The molecule has 0 aliphatic carbocycles. The zero-order chi connectivity index (χ0) is 15.1. The third-order valence-corrected chi connectivity index (χ3v) is 3.22. The maximum atomic E-state index is 9.44. The molecular weight excluding hydrogens is 300 g/mol. The Morgan fingerprint density at radius 2 is 1.79 bits per heavy atom. The third-order valence-electron chi connectivity index (χ3n) is 1.85. The molecule has 9 nitrogen and oxygen atoms in total. The fourth-order valence-corrected chi connectivity index (χ4v) is 1.95. The molecular formula is C8H16N2O7S2. The van der Waals surface area contributed by atoms with Crippen molar-refractivity contribution in [3.05, 3.63) is 18.2 Å². The van der Waals surface area contributed by atoms with Crippen LogP contribution in [-0.4, -0.2) is 35.5 Å². The molecule has 0 aliphatic heterocycles. The number of aryl methyl sites for hydroxylation is 2. The summed E-state index contributed by atoms with van der Waals surface area (Å²) >= 11 is 0. The molecule has 0 saturated carbocycles. The van der Waals surface area contributed by atoms with Gasteiger partial charge in [-0.05, 0) is 13.3 Å². The van der Waals surface area contributed by atoms with Crippen molar-refractivity contribution in [2.45, 2.75) is 33.2 Å². The summed E-state index contributed by atoms with van der Waals surface area (Å²) in [5, 5.41) is 0. The second-order valence-electron chi connectivity index (χ2n) is 3.44. The van der Waals surface area contributed by atoms with Crippen molar-refractivity contribution >= 4 is 20.8 Å². The van der Waals surface area contributed by atoms with E-state index in [1.54, 1.807) is 0 Å². The summed E-state index contributed by atoms with van der Waals surface area (Å²) in [6, 6.07) is 0. The first kappa shape index (κ1) is 18.0. The van der Waals surface area contributed by atoms with Gasteiger partial charge in [-0.2, -0.15) is 16.8 Å². The average molecular weight is 316 g/mol. The number of nitrogens with zero attached hydrogens (tertiary/aromatic N) is 2. The lowest BCUT2D eigenvalue weighted by molar-refractivity contribution is 0.344. The quantitative estimate of drug-likeness (QED) is 0.754. The number of aromatic nitrogens is 2. The fraction of sp³-hybridized carbons (Fsp3) is 0.625. The minimum atomic E-state index is -5.12. The van der Waals surface area contributed by atoms with Gasteiger partial charge in [0.15, 0.2) is 0 Å². The van der Waals surface area contributed by atoms with Crippen molar-refractivity contribution in [2.24, 2.45) is 0 Å². The number of unbranched alkanes of at least 4 members (excludes halogenated alkanes) is 1. The van der Waals surface area contributed by atoms with Gasteiger partial charge < -0.3 is 4.57 Å². The van der Waals surface area contributed by atoms with Gasteiger partial charge in [0.05, 0.1) is 0 Å². The molecule has 0 unspecified atom stereocenters. The molecule has 1 heterocycles. The molecule has 0 fully saturated rings. The largest absolute Gasteiger partial charge is 0.413 e. The molecule has 0 aliphatic rings. The van der Waals surface area contributed by atoms with E-state index in [4.69, 9.17) is 9.11 Å². The summed E-state index contributed by atoms with van der Waals surface area (Å²) in [6.45, 7) is 5.35. The lowest BCUT2D eigenvalue weighted by Crippen LogP contribution is -2.10. The van der Waals surface area contributed by atoms with Gasteiger partial charge in [0.25, 0.3) is 0 Å². The first-order chi connectivity index (χ1) is 8.55. The predicted octanol–water partition coefficient (Wildman–Crippen LogP) is 0.600. The van der Waals surface area contributed by atoms with Gasteiger partial charge in [-0.1, -0.05) is 13.3 Å². The normalized spacial score (nSPS) is 11.8. The van der Waals surface area contributed by atoms with Crippen molar-refractivity contribution in [3.63, 3.8) is 0 Å². The van der Waals surface area contributed by atoms with Crippen LogP contribution in [0.1, 0.15) is 25.6 Å². The summed E-state index contributed by atoms with van der Waals surface area (Å²) in [6.07, 6.45) is 6.38. The number of rotatable bonds is 5. The summed E-state index contributed by atoms with van der Waals surface area (Å²) in [5.41, 5.74) is 0. The maximum Gasteiger partial charge on any atom is 0.413 e. The molecule has 0 amide bonds. The zero-order valence-corrected chi connectivity index (χ0v) is 12.1. The molecule has 0 bridgehead atoms. The summed E-state index contributed by atoms with van der Waals surface area (Å²) in [4.78, 5) is 4.13. The highest BCUT2D eigenvalue weighted by Crippen LogP contribution is 1.98. The Morgan fingerprint density at radius 1 is 1.26 bits per heavy atom. The van der Waals surface area contributed by atoms with E-state index in [-0.39, 0.29) is 0 Å². The number of imidazole rings is 1. The first-order valence-electron chi connectivity index (χ1n) is 5.19. The fourth-order valence-electron chi connectivity index (χ4n) is 1.08. The Balaban J connectivity index is 0.000000344. The van der Waals surface area contributed by atoms with Crippen LogP contribution < -0.4 is 0 Å². The minimum absolute atomic E-state index is 1.11. The van der Waals surface area contributed by atoms with Gasteiger partial charge in [0, 0.05) is 18.9 Å². The van der Waals surface area contributed by atoms with Gasteiger partial charge >= 0.3 is 20.8 Å². The summed E-state index contributed by atoms with van der Waals surface area (Å²) in [7, 11) is -10.2. The highest BCUT2D eigenvalue weighted by Gasteiger charge is 2.15. The summed E-state index contributed by atoms with van der Waals surface area (Å²) < 4.78 is 57.8. The average Bonchev–Trinajstić information content (AvgIpc) is 2.56. The van der Waals surface area contributed by atoms with E-state index in [9.17, 15) is 16.8 Å². The second kappa shape index (κ2) is 7.55. The number of hydrogen-bond donors (Lipinski definition) is 2. The molecule has 0 radical (unpaired) electrons. The van der Waals surface area contributed by atoms with Gasteiger partial charge in [0.2, 0.25) is 0 Å². The molecule has 0 atom stereocenters. The van der Waals surface area contributed by atoms with E-state index >= 15 is 0 Å². The molecule has 1 aromatic heterocycles. The first-order valence-corrected chi connectivity index (χ1v) is 7.92. The van der Waals surface area contributed by atoms with Crippen LogP contribution in [0.4, 0.5) is 0 Å². The van der Waals surface area contributed by atoms with Crippen molar-refractivity contribution in [1.82, 2.24) is 9.55 Å².